The number of benzene rings is 1. The molecule has 0 bridgehead atoms. The Morgan fingerprint density at radius 3 is 2.87 bits per heavy atom. The van der Waals surface area contributed by atoms with Crippen molar-refractivity contribution in [1.82, 2.24) is 5.32 Å². The Kier molecular flexibility index (Phi) is 5.74. The monoisotopic (exact) mass is 204 g/mol. The van der Waals surface area contributed by atoms with Gasteiger partial charge in [0.05, 0.1) is 0 Å². The zero-order valence-corrected chi connectivity index (χ0v) is 9.37. The van der Waals surface area contributed by atoms with Crippen molar-refractivity contribution in [3.05, 3.63) is 41.5 Å². The van der Waals surface area contributed by atoms with Crippen LogP contribution in [0.3, 0.4) is 0 Å². The van der Waals surface area contributed by atoms with E-state index in [1.54, 1.807) is 0 Å². The van der Waals surface area contributed by atoms with Crippen molar-refractivity contribution < 1.29 is 0 Å². The lowest BCUT2D eigenvalue weighted by Gasteiger charge is -2.03. The third kappa shape index (κ3) is 4.28. The molecule has 0 aliphatic heterocycles. The first-order valence-electron chi connectivity index (χ1n) is 5.47. The van der Waals surface area contributed by atoms with Gasteiger partial charge in [0, 0.05) is 0 Å². The summed E-state index contributed by atoms with van der Waals surface area (Å²) >= 11 is 0. The summed E-state index contributed by atoms with van der Waals surface area (Å²) in [7, 11) is 1.97. The van der Waals surface area contributed by atoms with Crippen LogP contribution in [0.25, 0.3) is 6.08 Å². The van der Waals surface area contributed by atoms with E-state index >= 15 is 0 Å². The fourth-order valence-electron chi connectivity index (χ4n) is 1.52. The third-order valence-electron chi connectivity index (χ3n) is 2.33. The van der Waals surface area contributed by atoms with Crippen LogP contribution >= 0.6 is 0 Å². The fourth-order valence-corrected chi connectivity index (χ4v) is 1.52. The molecular formula is C13H20N2. The maximum absolute atomic E-state index is 5.57. The maximum atomic E-state index is 5.57. The van der Waals surface area contributed by atoms with Crippen LogP contribution in [0.5, 0.6) is 0 Å². The second-order valence-electron chi connectivity index (χ2n) is 3.53. The highest BCUT2D eigenvalue weighted by Gasteiger charge is 1.95. The second kappa shape index (κ2) is 7.21. The number of rotatable bonds is 6. The molecule has 0 heterocycles. The lowest BCUT2D eigenvalue weighted by atomic mass is 10.0. The van der Waals surface area contributed by atoms with Crippen LogP contribution in [-0.2, 0) is 6.42 Å². The van der Waals surface area contributed by atoms with E-state index in [0.29, 0.717) is 6.54 Å². The molecule has 2 heteroatoms. The van der Waals surface area contributed by atoms with Crippen molar-refractivity contribution in [2.24, 2.45) is 5.73 Å². The smallest absolute Gasteiger partial charge is 0.00172 e. The second-order valence-corrected chi connectivity index (χ2v) is 3.53. The molecule has 0 aliphatic carbocycles. The van der Waals surface area contributed by atoms with E-state index in [1.807, 2.05) is 7.05 Å². The average Bonchev–Trinajstić information content (AvgIpc) is 2.27. The van der Waals surface area contributed by atoms with E-state index in [0.717, 1.165) is 19.4 Å². The van der Waals surface area contributed by atoms with E-state index in [1.165, 1.54) is 11.1 Å². The quantitative estimate of drug-likeness (QED) is 0.694. The summed E-state index contributed by atoms with van der Waals surface area (Å²) in [6, 6.07) is 8.42. The van der Waals surface area contributed by atoms with Gasteiger partial charge in [0.1, 0.15) is 0 Å². The minimum absolute atomic E-state index is 0.710. The molecule has 1 aromatic rings. The summed E-state index contributed by atoms with van der Waals surface area (Å²) in [6.07, 6.45) is 6.40. The third-order valence-corrected chi connectivity index (χ3v) is 2.33. The van der Waals surface area contributed by atoms with E-state index < -0.39 is 0 Å². The molecule has 0 aliphatic rings. The SMILES string of the molecule is CNCCC=Cc1ccccc1CCN. The van der Waals surface area contributed by atoms with Crippen LogP contribution in [0.15, 0.2) is 30.3 Å². The Morgan fingerprint density at radius 2 is 2.13 bits per heavy atom. The van der Waals surface area contributed by atoms with Crippen molar-refractivity contribution in [1.29, 1.82) is 0 Å². The molecule has 0 unspecified atom stereocenters. The van der Waals surface area contributed by atoms with Crippen LogP contribution in [0.1, 0.15) is 17.5 Å². The molecule has 0 saturated heterocycles. The Hall–Kier alpha value is -1.12. The first kappa shape index (κ1) is 12.0. The predicted octanol–water partition coefficient (Wildman–Crippen LogP) is 1.81. The fraction of sp³-hybridized carbons (Fsp3) is 0.385. The summed E-state index contributed by atoms with van der Waals surface area (Å²) in [6.45, 7) is 1.73. The van der Waals surface area contributed by atoms with Gasteiger partial charge in [0.2, 0.25) is 0 Å². The molecule has 1 rings (SSSR count). The molecule has 0 fully saturated rings. The van der Waals surface area contributed by atoms with Gasteiger partial charge in [0.25, 0.3) is 0 Å². The Bertz CT molecular complexity index is 305. The predicted molar refractivity (Wildman–Crippen MR) is 66.8 cm³/mol. The lowest BCUT2D eigenvalue weighted by Crippen LogP contribution is -2.06. The largest absolute Gasteiger partial charge is 0.330 e. The highest BCUT2D eigenvalue weighted by atomic mass is 14.8. The number of hydrogen-bond acceptors (Lipinski definition) is 2. The van der Waals surface area contributed by atoms with E-state index in [9.17, 15) is 0 Å². The van der Waals surface area contributed by atoms with Gasteiger partial charge in [-0.15, -0.1) is 0 Å². The number of nitrogens with one attached hydrogen (secondary N) is 1. The highest BCUT2D eigenvalue weighted by molar-refractivity contribution is 5.53. The lowest BCUT2D eigenvalue weighted by molar-refractivity contribution is 0.809. The van der Waals surface area contributed by atoms with Gasteiger partial charge < -0.3 is 11.1 Å². The van der Waals surface area contributed by atoms with Gasteiger partial charge in [-0.05, 0) is 44.1 Å². The van der Waals surface area contributed by atoms with Gasteiger partial charge in [0.15, 0.2) is 0 Å². The topological polar surface area (TPSA) is 38.0 Å². The van der Waals surface area contributed by atoms with Gasteiger partial charge in [-0.25, -0.2) is 0 Å². The Morgan fingerprint density at radius 1 is 1.33 bits per heavy atom. The van der Waals surface area contributed by atoms with Crippen molar-refractivity contribution in [3.63, 3.8) is 0 Å². The first-order valence-corrected chi connectivity index (χ1v) is 5.47. The van der Waals surface area contributed by atoms with Crippen LogP contribution < -0.4 is 11.1 Å². The zero-order valence-electron chi connectivity index (χ0n) is 9.37. The van der Waals surface area contributed by atoms with E-state index in [-0.39, 0.29) is 0 Å². The summed E-state index contributed by atoms with van der Waals surface area (Å²) in [5.41, 5.74) is 8.20. The summed E-state index contributed by atoms with van der Waals surface area (Å²) in [4.78, 5) is 0. The molecule has 1 aromatic carbocycles. The first-order chi connectivity index (χ1) is 7.38. The minimum atomic E-state index is 0.710. The van der Waals surface area contributed by atoms with Crippen LogP contribution in [0.4, 0.5) is 0 Å². The van der Waals surface area contributed by atoms with Gasteiger partial charge in [-0.3, -0.25) is 0 Å². The van der Waals surface area contributed by atoms with Crippen LogP contribution in [0, 0.1) is 0 Å². The minimum Gasteiger partial charge on any atom is -0.330 e. The van der Waals surface area contributed by atoms with Crippen molar-refractivity contribution in [3.8, 4) is 0 Å². The summed E-state index contributed by atoms with van der Waals surface area (Å²) in [5.74, 6) is 0. The molecule has 82 valence electrons. The summed E-state index contributed by atoms with van der Waals surface area (Å²) < 4.78 is 0. The molecule has 2 nitrogen and oxygen atoms in total. The molecule has 3 N–H and O–H groups in total. The Labute approximate surface area is 92.2 Å². The van der Waals surface area contributed by atoms with E-state index in [4.69, 9.17) is 5.73 Å². The molecule has 0 spiro atoms. The van der Waals surface area contributed by atoms with Crippen molar-refractivity contribution >= 4 is 6.08 Å². The van der Waals surface area contributed by atoms with Crippen LogP contribution in [0.2, 0.25) is 0 Å². The normalized spacial score (nSPS) is 11.1. The van der Waals surface area contributed by atoms with Gasteiger partial charge in [-0.2, -0.15) is 0 Å². The molecule has 0 radical (unpaired) electrons. The molecule has 0 amide bonds. The molecule has 0 aromatic heterocycles. The summed E-state index contributed by atoms with van der Waals surface area (Å²) in [5, 5.41) is 3.12. The Balaban J connectivity index is 2.62. The highest BCUT2D eigenvalue weighted by Crippen LogP contribution is 2.11. The molecule has 0 atom stereocenters. The van der Waals surface area contributed by atoms with Gasteiger partial charge >= 0.3 is 0 Å². The zero-order chi connectivity index (χ0) is 10.9. The average molecular weight is 204 g/mol. The molecule has 0 saturated carbocycles. The van der Waals surface area contributed by atoms with Crippen molar-refractivity contribution in [2.45, 2.75) is 12.8 Å². The standard InChI is InChI=1S/C13H20N2/c1-15-11-5-4-8-12-6-2-3-7-13(12)9-10-14/h2-4,6-8,15H,5,9-11,14H2,1H3. The van der Waals surface area contributed by atoms with Crippen molar-refractivity contribution in [2.75, 3.05) is 20.1 Å². The number of hydrogen-bond donors (Lipinski definition) is 2. The number of nitrogens with two attached hydrogens (primary N) is 1. The van der Waals surface area contributed by atoms with Crippen LogP contribution in [-0.4, -0.2) is 20.1 Å². The maximum Gasteiger partial charge on any atom is -0.00172 e. The van der Waals surface area contributed by atoms with Gasteiger partial charge in [-0.1, -0.05) is 36.4 Å². The van der Waals surface area contributed by atoms with E-state index in [2.05, 4.69) is 41.7 Å². The molecular weight excluding hydrogens is 184 g/mol. The molecule has 15 heavy (non-hydrogen) atoms.